The van der Waals surface area contributed by atoms with Gasteiger partial charge in [-0.15, -0.1) is 11.3 Å². The largest absolute Gasteiger partial charge is 0.488 e. The van der Waals surface area contributed by atoms with E-state index in [9.17, 15) is 8.42 Å². The minimum atomic E-state index is -3.40. The van der Waals surface area contributed by atoms with Crippen molar-refractivity contribution in [3.05, 3.63) is 47.3 Å². The first-order valence-electron chi connectivity index (χ1n) is 5.93. The van der Waals surface area contributed by atoms with Crippen LogP contribution in [0.15, 0.2) is 46.0 Å². The zero-order valence-electron chi connectivity index (χ0n) is 10.1. The zero-order valence-corrected chi connectivity index (χ0v) is 11.7. The van der Waals surface area contributed by atoms with Crippen LogP contribution < -0.4 is 9.46 Å². The molecule has 1 aliphatic heterocycles. The molecule has 0 saturated carbocycles. The van der Waals surface area contributed by atoms with Crippen molar-refractivity contribution in [2.75, 3.05) is 6.54 Å². The van der Waals surface area contributed by atoms with Gasteiger partial charge in [0.15, 0.2) is 0 Å². The lowest BCUT2D eigenvalue weighted by Gasteiger charge is -2.11. The molecule has 0 radical (unpaired) electrons. The first-order chi connectivity index (χ1) is 9.15. The van der Waals surface area contributed by atoms with Gasteiger partial charge in [-0.05, 0) is 23.1 Å². The standard InChI is InChI=1S/C13H13NO3S2/c15-19(16,13-6-3-7-18-13)14-9-11-8-10-4-1-2-5-12(10)17-11/h1-7,11,14H,8-9H2. The summed E-state index contributed by atoms with van der Waals surface area (Å²) in [7, 11) is -3.40. The predicted molar refractivity (Wildman–Crippen MR) is 74.1 cm³/mol. The van der Waals surface area contributed by atoms with Gasteiger partial charge < -0.3 is 4.74 Å². The monoisotopic (exact) mass is 295 g/mol. The van der Waals surface area contributed by atoms with Crippen molar-refractivity contribution in [3.8, 4) is 5.75 Å². The molecule has 1 aliphatic rings. The van der Waals surface area contributed by atoms with Crippen molar-refractivity contribution in [3.63, 3.8) is 0 Å². The van der Waals surface area contributed by atoms with Gasteiger partial charge in [0.25, 0.3) is 0 Å². The molecular weight excluding hydrogens is 282 g/mol. The van der Waals surface area contributed by atoms with Gasteiger partial charge in [-0.2, -0.15) is 0 Å². The number of hydrogen-bond acceptors (Lipinski definition) is 4. The third-order valence-corrected chi connectivity index (χ3v) is 5.80. The number of sulfonamides is 1. The Morgan fingerprint density at radius 1 is 1.26 bits per heavy atom. The second-order valence-electron chi connectivity index (χ2n) is 4.34. The fourth-order valence-electron chi connectivity index (χ4n) is 2.06. The molecule has 0 spiro atoms. The van der Waals surface area contributed by atoms with Crippen LogP contribution in [0.3, 0.4) is 0 Å². The summed E-state index contributed by atoms with van der Waals surface area (Å²) in [6.45, 7) is 0.287. The zero-order chi connectivity index (χ0) is 13.3. The molecule has 2 heterocycles. The number of thiophene rings is 1. The third kappa shape index (κ3) is 2.65. The van der Waals surface area contributed by atoms with E-state index in [4.69, 9.17) is 4.74 Å². The van der Waals surface area contributed by atoms with Crippen molar-refractivity contribution in [2.24, 2.45) is 0 Å². The van der Waals surface area contributed by atoms with Gasteiger partial charge >= 0.3 is 0 Å². The van der Waals surface area contributed by atoms with Crippen LogP contribution in [0.4, 0.5) is 0 Å². The van der Waals surface area contributed by atoms with Crippen LogP contribution in [0.1, 0.15) is 5.56 Å². The average Bonchev–Trinajstić information content (AvgIpc) is 3.05. The highest BCUT2D eigenvalue weighted by Crippen LogP contribution is 2.28. The first-order valence-corrected chi connectivity index (χ1v) is 8.29. The van der Waals surface area contributed by atoms with Gasteiger partial charge in [-0.25, -0.2) is 13.1 Å². The molecule has 0 aliphatic carbocycles. The summed E-state index contributed by atoms with van der Waals surface area (Å²) < 4.78 is 32.6. The molecule has 0 fully saturated rings. The highest BCUT2D eigenvalue weighted by Gasteiger charge is 2.24. The van der Waals surface area contributed by atoms with Crippen LogP contribution in [-0.2, 0) is 16.4 Å². The molecule has 1 unspecified atom stereocenters. The Kier molecular flexibility index (Phi) is 3.30. The number of hydrogen-bond donors (Lipinski definition) is 1. The molecule has 1 atom stereocenters. The van der Waals surface area contributed by atoms with E-state index < -0.39 is 10.0 Å². The maximum atomic E-state index is 12.0. The predicted octanol–water partition coefficient (Wildman–Crippen LogP) is 2.03. The van der Waals surface area contributed by atoms with Crippen LogP contribution >= 0.6 is 11.3 Å². The number of nitrogens with one attached hydrogen (secondary N) is 1. The summed E-state index contributed by atoms with van der Waals surface area (Å²) >= 11 is 1.21. The van der Waals surface area contributed by atoms with E-state index in [1.165, 1.54) is 11.3 Å². The lowest BCUT2D eigenvalue weighted by molar-refractivity contribution is 0.236. The molecule has 0 bridgehead atoms. The van der Waals surface area contributed by atoms with E-state index in [0.717, 1.165) is 17.7 Å². The number of fused-ring (bicyclic) bond motifs is 1. The normalized spacial score (nSPS) is 18.0. The van der Waals surface area contributed by atoms with Crippen molar-refractivity contribution in [2.45, 2.75) is 16.7 Å². The van der Waals surface area contributed by atoms with Gasteiger partial charge in [0, 0.05) is 13.0 Å². The van der Waals surface area contributed by atoms with Crippen LogP contribution in [0, 0.1) is 0 Å². The van der Waals surface area contributed by atoms with Crippen LogP contribution in [0.5, 0.6) is 5.75 Å². The van der Waals surface area contributed by atoms with Crippen molar-refractivity contribution in [1.29, 1.82) is 0 Å². The summed E-state index contributed by atoms with van der Waals surface area (Å²) in [6, 6.07) is 11.1. The van der Waals surface area contributed by atoms with Crippen molar-refractivity contribution in [1.82, 2.24) is 4.72 Å². The molecule has 1 N–H and O–H groups in total. The summed E-state index contributed by atoms with van der Waals surface area (Å²) in [5.74, 6) is 0.850. The maximum Gasteiger partial charge on any atom is 0.250 e. The van der Waals surface area contributed by atoms with Crippen molar-refractivity contribution < 1.29 is 13.2 Å². The lowest BCUT2D eigenvalue weighted by atomic mass is 10.1. The number of para-hydroxylation sites is 1. The maximum absolute atomic E-state index is 12.0. The molecule has 3 rings (SSSR count). The Bertz CT molecular complexity index is 640. The van der Waals surface area contributed by atoms with E-state index in [-0.39, 0.29) is 12.6 Å². The molecule has 2 aromatic rings. The number of rotatable bonds is 4. The molecular formula is C13H13NO3S2. The van der Waals surface area contributed by atoms with Gasteiger partial charge in [-0.1, -0.05) is 24.3 Å². The fourth-order valence-corrected chi connectivity index (χ4v) is 4.16. The van der Waals surface area contributed by atoms with Gasteiger partial charge in [0.05, 0.1) is 0 Å². The lowest BCUT2D eigenvalue weighted by Crippen LogP contribution is -2.34. The van der Waals surface area contributed by atoms with Gasteiger partial charge in [0.1, 0.15) is 16.1 Å². The third-order valence-electron chi connectivity index (χ3n) is 2.97. The fraction of sp³-hybridized carbons (Fsp3) is 0.231. The topological polar surface area (TPSA) is 55.4 Å². The summed E-state index contributed by atoms with van der Waals surface area (Å²) in [4.78, 5) is 0. The average molecular weight is 295 g/mol. The second-order valence-corrected chi connectivity index (χ2v) is 7.28. The van der Waals surface area contributed by atoms with Gasteiger partial charge in [-0.3, -0.25) is 0 Å². The van der Waals surface area contributed by atoms with Crippen LogP contribution in [0.2, 0.25) is 0 Å². The summed E-state index contributed by atoms with van der Waals surface area (Å²) in [5, 5.41) is 1.75. The molecule has 4 nitrogen and oxygen atoms in total. The molecule has 1 aromatic heterocycles. The SMILES string of the molecule is O=S(=O)(NCC1Cc2ccccc2O1)c1cccs1. The quantitative estimate of drug-likeness (QED) is 0.939. The Balaban J connectivity index is 1.63. The highest BCUT2D eigenvalue weighted by atomic mass is 32.2. The smallest absolute Gasteiger partial charge is 0.250 e. The van der Waals surface area contributed by atoms with E-state index in [2.05, 4.69) is 4.72 Å². The Hall–Kier alpha value is -1.37. The molecule has 100 valence electrons. The Morgan fingerprint density at radius 2 is 2.11 bits per heavy atom. The highest BCUT2D eigenvalue weighted by molar-refractivity contribution is 7.91. The number of benzene rings is 1. The number of ether oxygens (including phenoxy) is 1. The van der Waals surface area contributed by atoms with E-state index >= 15 is 0 Å². The second kappa shape index (κ2) is 4.96. The van der Waals surface area contributed by atoms with Gasteiger partial charge in [0.2, 0.25) is 10.0 Å². The van der Waals surface area contributed by atoms with E-state index in [1.54, 1.807) is 17.5 Å². The van der Waals surface area contributed by atoms with Crippen LogP contribution in [0.25, 0.3) is 0 Å². The van der Waals surface area contributed by atoms with Crippen molar-refractivity contribution >= 4 is 21.4 Å². The summed E-state index contributed by atoms with van der Waals surface area (Å²) in [6.07, 6.45) is 0.607. The van der Waals surface area contributed by atoms with E-state index in [1.807, 2.05) is 24.3 Å². The minimum Gasteiger partial charge on any atom is -0.488 e. The van der Waals surface area contributed by atoms with E-state index in [0.29, 0.717) is 4.21 Å². The Morgan fingerprint density at radius 3 is 2.84 bits per heavy atom. The molecule has 6 heteroatoms. The Labute approximate surface area is 116 Å². The minimum absolute atomic E-state index is 0.132. The molecule has 19 heavy (non-hydrogen) atoms. The summed E-state index contributed by atoms with van der Waals surface area (Å²) in [5.41, 5.74) is 1.13. The first kappa shape index (κ1) is 12.7. The molecule has 0 amide bonds. The molecule has 0 saturated heterocycles. The van der Waals surface area contributed by atoms with Crippen LogP contribution in [-0.4, -0.2) is 21.1 Å². The molecule has 1 aromatic carbocycles.